The number of nitrogens with zero attached hydrogens (tertiary/aromatic N) is 3. The molecule has 0 aliphatic heterocycles. The number of aromatic nitrogens is 3. The van der Waals surface area contributed by atoms with Gasteiger partial charge < -0.3 is 10.6 Å². The molecule has 82 valence electrons. The maximum Gasteiger partial charge on any atom is 0.280 e. The van der Waals surface area contributed by atoms with E-state index in [1.54, 1.807) is 31.3 Å². The molecule has 0 spiro atoms. The Morgan fingerprint density at radius 3 is 2.94 bits per heavy atom. The van der Waals surface area contributed by atoms with Gasteiger partial charge in [0.1, 0.15) is 0 Å². The van der Waals surface area contributed by atoms with Crippen molar-refractivity contribution in [1.82, 2.24) is 15.4 Å². The fraction of sp³-hybridized carbons (Fsp3) is 0.100. The number of carbonyl (C=O) groups is 1. The lowest BCUT2D eigenvalue weighted by Gasteiger charge is -2.15. The predicted octanol–water partition coefficient (Wildman–Crippen LogP) is 0.663. The highest BCUT2D eigenvalue weighted by Crippen LogP contribution is 2.17. The molecule has 0 bridgehead atoms. The second-order valence-corrected chi connectivity index (χ2v) is 3.31. The Bertz CT molecular complexity index is 494. The van der Waals surface area contributed by atoms with Crippen LogP contribution in [-0.2, 0) is 0 Å². The predicted molar refractivity (Wildman–Crippen MR) is 60.0 cm³/mol. The van der Waals surface area contributed by atoms with E-state index >= 15 is 0 Å². The molecule has 16 heavy (non-hydrogen) atoms. The van der Waals surface area contributed by atoms with Gasteiger partial charge in [0.05, 0.1) is 6.20 Å². The van der Waals surface area contributed by atoms with Gasteiger partial charge in [-0.3, -0.25) is 4.79 Å². The van der Waals surface area contributed by atoms with E-state index in [4.69, 9.17) is 5.73 Å². The minimum atomic E-state index is -0.237. The molecule has 0 aliphatic rings. The lowest BCUT2D eigenvalue weighted by molar-refractivity contribution is 0.0988. The maximum atomic E-state index is 11.9. The van der Waals surface area contributed by atoms with Gasteiger partial charge in [0.15, 0.2) is 5.69 Å². The number of nitrogens with one attached hydrogen (secondary N) is 1. The summed E-state index contributed by atoms with van der Waals surface area (Å²) in [5.41, 5.74) is 7.24. The van der Waals surface area contributed by atoms with Crippen molar-refractivity contribution in [1.29, 1.82) is 0 Å². The fourth-order valence-corrected chi connectivity index (χ4v) is 1.33. The first-order valence-corrected chi connectivity index (χ1v) is 4.68. The Kier molecular flexibility index (Phi) is 2.55. The number of nitrogen functional groups attached to an aromatic ring is 1. The van der Waals surface area contributed by atoms with Gasteiger partial charge in [-0.1, -0.05) is 6.07 Å². The van der Waals surface area contributed by atoms with Crippen molar-refractivity contribution in [3.8, 4) is 0 Å². The van der Waals surface area contributed by atoms with Crippen LogP contribution in [0.1, 0.15) is 10.5 Å². The van der Waals surface area contributed by atoms with Crippen LogP contribution in [0.25, 0.3) is 0 Å². The minimum absolute atomic E-state index is 0.237. The highest BCUT2D eigenvalue weighted by atomic mass is 16.2. The van der Waals surface area contributed by atoms with Gasteiger partial charge in [0.25, 0.3) is 5.91 Å². The van der Waals surface area contributed by atoms with Crippen LogP contribution in [0.5, 0.6) is 0 Å². The molecule has 0 saturated heterocycles. The minimum Gasteiger partial charge on any atom is -0.399 e. The molecular weight excluding hydrogens is 206 g/mol. The van der Waals surface area contributed by atoms with Crippen molar-refractivity contribution in [3.63, 3.8) is 0 Å². The van der Waals surface area contributed by atoms with Gasteiger partial charge in [-0.15, -0.1) is 0 Å². The van der Waals surface area contributed by atoms with Crippen LogP contribution in [0, 0.1) is 0 Å². The molecule has 0 aliphatic carbocycles. The molecule has 0 fully saturated rings. The lowest BCUT2D eigenvalue weighted by atomic mass is 10.2. The van der Waals surface area contributed by atoms with Gasteiger partial charge in [-0.2, -0.15) is 15.4 Å². The topological polar surface area (TPSA) is 87.9 Å². The zero-order valence-electron chi connectivity index (χ0n) is 8.71. The number of hydrogen-bond acceptors (Lipinski definition) is 4. The molecule has 1 amide bonds. The highest BCUT2D eigenvalue weighted by Gasteiger charge is 2.15. The molecule has 2 aromatic rings. The molecule has 0 atom stereocenters. The normalized spacial score (nSPS) is 10.1. The Labute approximate surface area is 92.1 Å². The van der Waals surface area contributed by atoms with Crippen LogP contribution in [-0.4, -0.2) is 28.4 Å². The number of amides is 1. The third-order valence-electron chi connectivity index (χ3n) is 2.20. The van der Waals surface area contributed by atoms with E-state index in [-0.39, 0.29) is 11.6 Å². The van der Waals surface area contributed by atoms with E-state index in [1.807, 2.05) is 0 Å². The van der Waals surface area contributed by atoms with Crippen molar-refractivity contribution < 1.29 is 4.79 Å². The van der Waals surface area contributed by atoms with Crippen molar-refractivity contribution >= 4 is 17.3 Å². The van der Waals surface area contributed by atoms with E-state index in [1.165, 1.54) is 11.1 Å². The summed E-state index contributed by atoms with van der Waals surface area (Å²) in [4.78, 5) is 13.3. The van der Waals surface area contributed by atoms with Crippen molar-refractivity contribution in [2.24, 2.45) is 0 Å². The van der Waals surface area contributed by atoms with E-state index in [2.05, 4.69) is 15.4 Å². The van der Waals surface area contributed by atoms with Crippen molar-refractivity contribution in [2.75, 3.05) is 17.7 Å². The molecular formula is C10H11N5O. The first-order chi connectivity index (χ1) is 7.68. The fourth-order valence-electron chi connectivity index (χ4n) is 1.33. The molecule has 1 heterocycles. The third kappa shape index (κ3) is 1.85. The standard InChI is InChI=1S/C10H11N5O/c1-15(8-4-2-3-7(11)5-8)10(16)9-6-12-14-13-9/h2-6H,11H2,1H3,(H,12,13,14). The zero-order chi connectivity index (χ0) is 11.5. The summed E-state index contributed by atoms with van der Waals surface area (Å²) in [7, 11) is 1.66. The Balaban J connectivity index is 2.26. The van der Waals surface area contributed by atoms with Crippen LogP contribution in [0.15, 0.2) is 30.5 Å². The van der Waals surface area contributed by atoms with Crippen LogP contribution < -0.4 is 10.6 Å². The summed E-state index contributed by atoms with van der Waals surface area (Å²) in [6, 6.07) is 7.07. The highest BCUT2D eigenvalue weighted by molar-refractivity contribution is 6.04. The maximum absolute atomic E-state index is 11.9. The number of carbonyl (C=O) groups excluding carboxylic acids is 1. The van der Waals surface area contributed by atoms with E-state index in [0.29, 0.717) is 11.4 Å². The lowest BCUT2D eigenvalue weighted by Crippen LogP contribution is -2.26. The Morgan fingerprint density at radius 2 is 2.31 bits per heavy atom. The Morgan fingerprint density at radius 1 is 1.50 bits per heavy atom. The molecule has 0 unspecified atom stereocenters. The monoisotopic (exact) mass is 217 g/mol. The summed E-state index contributed by atoms with van der Waals surface area (Å²) in [6.45, 7) is 0. The average Bonchev–Trinajstić information content (AvgIpc) is 2.80. The van der Waals surface area contributed by atoms with E-state index in [9.17, 15) is 4.79 Å². The molecule has 1 aromatic carbocycles. The quantitative estimate of drug-likeness (QED) is 0.723. The smallest absolute Gasteiger partial charge is 0.280 e. The molecule has 1 aromatic heterocycles. The van der Waals surface area contributed by atoms with Crippen LogP contribution in [0.4, 0.5) is 11.4 Å². The number of nitrogens with two attached hydrogens (primary N) is 1. The second kappa shape index (κ2) is 4.01. The number of benzene rings is 1. The number of rotatable bonds is 2. The largest absolute Gasteiger partial charge is 0.399 e. The summed E-state index contributed by atoms with van der Waals surface area (Å²) in [5.74, 6) is -0.237. The molecule has 0 radical (unpaired) electrons. The summed E-state index contributed by atoms with van der Waals surface area (Å²) < 4.78 is 0. The van der Waals surface area contributed by atoms with Gasteiger partial charge >= 0.3 is 0 Å². The van der Waals surface area contributed by atoms with Crippen LogP contribution in [0.2, 0.25) is 0 Å². The van der Waals surface area contributed by atoms with Crippen LogP contribution >= 0.6 is 0 Å². The van der Waals surface area contributed by atoms with Gasteiger partial charge in [0.2, 0.25) is 0 Å². The molecule has 3 N–H and O–H groups in total. The first kappa shape index (κ1) is 10.2. The van der Waals surface area contributed by atoms with E-state index in [0.717, 1.165) is 0 Å². The summed E-state index contributed by atoms with van der Waals surface area (Å²) in [6.07, 6.45) is 1.38. The summed E-state index contributed by atoms with van der Waals surface area (Å²) >= 11 is 0. The molecule has 6 nitrogen and oxygen atoms in total. The average molecular weight is 217 g/mol. The summed E-state index contributed by atoms with van der Waals surface area (Å²) in [5, 5.41) is 9.71. The van der Waals surface area contributed by atoms with Gasteiger partial charge in [-0.25, -0.2) is 0 Å². The first-order valence-electron chi connectivity index (χ1n) is 4.68. The SMILES string of the molecule is CN(C(=O)c1cn[nH]n1)c1cccc(N)c1. The molecule has 6 heteroatoms. The van der Waals surface area contributed by atoms with Crippen molar-refractivity contribution in [3.05, 3.63) is 36.2 Å². The Hall–Kier alpha value is -2.37. The number of H-pyrrole nitrogens is 1. The third-order valence-corrected chi connectivity index (χ3v) is 2.20. The zero-order valence-corrected chi connectivity index (χ0v) is 8.71. The van der Waals surface area contributed by atoms with Crippen molar-refractivity contribution in [2.45, 2.75) is 0 Å². The number of anilines is 2. The molecule has 2 rings (SSSR count). The number of hydrogen-bond donors (Lipinski definition) is 2. The van der Waals surface area contributed by atoms with Crippen LogP contribution in [0.3, 0.4) is 0 Å². The second-order valence-electron chi connectivity index (χ2n) is 3.31. The number of aromatic amines is 1. The van der Waals surface area contributed by atoms with Gasteiger partial charge in [-0.05, 0) is 18.2 Å². The van der Waals surface area contributed by atoms with E-state index < -0.39 is 0 Å². The molecule has 0 saturated carbocycles. The van der Waals surface area contributed by atoms with Gasteiger partial charge in [0, 0.05) is 18.4 Å².